The van der Waals surface area contributed by atoms with Crippen molar-refractivity contribution in [3.63, 3.8) is 0 Å². The summed E-state index contributed by atoms with van der Waals surface area (Å²) in [5.74, 6) is -0.426. The average molecular weight is 336 g/mol. The van der Waals surface area contributed by atoms with Gasteiger partial charge in [0.25, 0.3) is 11.6 Å². The van der Waals surface area contributed by atoms with Crippen LogP contribution in [0.15, 0.2) is 41.0 Å². The molecule has 0 unspecified atom stereocenters. The lowest BCUT2D eigenvalue weighted by Gasteiger charge is -2.06. The van der Waals surface area contributed by atoms with Crippen molar-refractivity contribution >= 4 is 33.2 Å². The predicted molar refractivity (Wildman–Crippen MR) is 77.7 cm³/mol. The van der Waals surface area contributed by atoms with E-state index >= 15 is 0 Å². The van der Waals surface area contributed by atoms with Crippen LogP contribution in [0.5, 0.6) is 0 Å². The summed E-state index contributed by atoms with van der Waals surface area (Å²) in [6, 6.07) is 9.46. The van der Waals surface area contributed by atoms with E-state index in [4.69, 9.17) is 0 Å². The van der Waals surface area contributed by atoms with Crippen molar-refractivity contribution in [2.24, 2.45) is 0 Å². The number of pyridine rings is 1. The molecule has 1 aromatic carbocycles. The molecule has 1 N–H and O–H groups in total. The van der Waals surface area contributed by atoms with Crippen LogP contribution in [0.25, 0.3) is 0 Å². The number of aromatic nitrogens is 1. The summed E-state index contributed by atoms with van der Waals surface area (Å²) in [6.45, 7) is 1.64. The minimum absolute atomic E-state index is 0.0370. The van der Waals surface area contributed by atoms with Crippen LogP contribution < -0.4 is 5.32 Å². The van der Waals surface area contributed by atoms with Crippen molar-refractivity contribution < 1.29 is 9.72 Å². The minimum atomic E-state index is -0.484. The number of aryl methyl sites for hydroxylation is 1. The van der Waals surface area contributed by atoms with Crippen molar-refractivity contribution in [1.29, 1.82) is 0 Å². The zero-order valence-corrected chi connectivity index (χ0v) is 12.0. The lowest BCUT2D eigenvalue weighted by Crippen LogP contribution is -2.13. The largest absolute Gasteiger partial charge is 0.320 e. The fourth-order valence-electron chi connectivity index (χ4n) is 1.61. The number of nitro benzene ring substituents is 1. The molecule has 7 heteroatoms. The number of nitrogens with one attached hydrogen (secondary N) is 1. The second-order valence-electron chi connectivity index (χ2n) is 4.06. The molecule has 1 amide bonds. The summed E-state index contributed by atoms with van der Waals surface area (Å²) in [5, 5.41) is 13.4. The molecule has 0 aliphatic carbocycles. The van der Waals surface area contributed by atoms with Gasteiger partial charge in [-0.05, 0) is 41.1 Å². The Morgan fingerprint density at radius 3 is 2.75 bits per heavy atom. The second-order valence-corrected chi connectivity index (χ2v) is 4.87. The molecule has 20 heavy (non-hydrogen) atoms. The quantitative estimate of drug-likeness (QED) is 0.529. The van der Waals surface area contributed by atoms with E-state index < -0.39 is 10.8 Å². The third-order valence-corrected chi connectivity index (χ3v) is 3.05. The summed E-state index contributed by atoms with van der Waals surface area (Å²) in [4.78, 5) is 26.3. The van der Waals surface area contributed by atoms with Gasteiger partial charge in [0, 0.05) is 17.3 Å². The fourth-order valence-corrected chi connectivity index (χ4v) is 1.96. The Morgan fingerprint density at radius 1 is 1.35 bits per heavy atom. The smallest absolute Gasteiger partial charge is 0.274 e. The first-order valence-electron chi connectivity index (χ1n) is 5.66. The van der Waals surface area contributed by atoms with Gasteiger partial charge in [-0.3, -0.25) is 14.9 Å². The molecule has 0 aliphatic heterocycles. The first kappa shape index (κ1) is 14.1. The van der Waals surface area contributed by atoms with Crippen LogP contribution >= 0.6 is 15.9 Å². The molecule has 0 radical (unpaired) electrons. The lowest BCUT2D eigenvalue weighted by atomic mass is 10.2. The molecular formula is C13H10BrN3O3. The maximum absolute atomic E-state index is 12.0. The number of carbonyl (C=O) groups excluding carboxylic acids is 1. The number of carbonyl (C=O) groups is 1. The minimum Gasteiger partial charge on any atom is -0.320 e. The van der Waals surface area contributed by atoms with Gasteiger partial charge < -0.3 is 5.32 Å². The van der Waals surface area contributed by atoms with Gasteiger partial charge in [0.15, 0.2) is 0 Å². The zero-order chi connectivity index (χ0) is 14.7. The molecule has 6 nitrogen and oxygen atoms in total. The van der Waals surface area contributed by atoms with Gasteiger partial charge in [0.05, 0.1) is 4.92 Å². The van der Waals surface area contributed by atoms with E-state index in [0.29, 0.717) is 15.9 Å². The van der Waals surface area contributed by atoms with Crippen LogP contribution in [0.4, 0.5) is 11.4 Å². The van der Waals surface area contributed by atoms with Gasteiger partial charge in [-0.25, -0.2) is 4.98 Å². The standard InChI is InChI=1S/C13H10BrN3O3/c1-8-5-6-9(7-11(8)17(19)20)15-13(18)10-3-2-4-12(14)16-10/h2-7H,1H3,(H,15,18). The monoisotopic (exact) mass is 335 g/mol. The van der Waals surface area contributed by atoms with Crippen LogP contribution in [-0.2, 0) is 0 Å². The van der Waals surface area contributed by atoms with Crippen LogP contribution in [0, 0.1) is 17.0 Å². The molecule has 0 spiro atoms. The van der Waals surface area contributed by atoms with E-state index in [1.807, 2.05) is 0 Å². The Labute approximate surface area is 123 Å². The molecule has 102 valence electrons. The third kappa shape index (κ3) is 3.18. The van der Waals surface area contributed by atoms with E-state index in [-0.39, 0.29) is 11.4 Å². The Bertz CT molecular complexity index is 688. The van der Waals surface area contributed by atoms with Crippen molar-refractivity contribution in [3.05, 3.63) is 62.4 Å². The molecule has 0 atom stereocenters. The van der Waals surface area contributed by atoms with Gasteiger partial charge >= 0.3 is 0 Å². The maximum Gasteiger partial charge on any atom is 0.274 e. The Hall–Kier alpha value is -2.28. The number of nitrogens with zero attached hydrogens (tertiary/aromatic N) is 2. The van der Waals surface area contributed by atoms with Crippen molar-refractivity contribution in [3.8, 4) is 0 Å². The molecule has 2 rings (SSSR count). The number of amides is 1. The van der Waals surface area contributed by atoms with Crippen LogP contribution in [0.3, 0.4) is 0 Å². The summed E-state index contributed by atoms with van der Waals surface area (Å²) < 4.78 is 0.542. The SMILES string of the molecule is Cc1ccc(NC(=O)c2cccc(Br)n2)cc1[N+](=O)[O-]. The second kappa shape index (κ2) is 5.79. The van der Waals surface area contributed by atoms with Crippen LogP contribution in [-0.4, -0.2) is 15.8 Å². The lowest BCUT2D eigenvalue weighted by molar-refractivity contribution is -0.385. The molecule has 1 aromatic heterocycles. The van der Waals surface area contributed by atoms with E-state index in [2.05, 4.69) is 26.2 Å². The van der Waals surface area contributed by atoms with Crippen molar-refractivity contribution in [1.82, 2.24) is 4.98 Å². The van der Waals surface area contributed by atoms with E-state index in [1.165, 1.54) is 6.07 Å². The van der Waals surface area contributed by atoms with Crippen LogP contribution in [0.2, 0.25) is 0 Å². The Kier molecular flexibility index (Phi) is 4.09. The average Bonchev–Trinajstić information content (AvgIpc) is 2.40. The van der Waals surface area contributed by atoms with E-state index in [1.54, 1.807) is 37.3 Å². The maximum atomic E-state index is 12.0. The van der Waals surface area contributed by atoms with Gasteiger partial charge in [-0.1, -0.05) is 12.1 Å². The number of hydrogen-bond acceptors (Lipinski definition) is 4. The first-order chi connectivity index (χ1) is 9.47. The first-order valence-corrected chi connectivity index (χ1v) is 6.45. The van der Waals surface area contributed by atoms with Gasteiger partial charge in [-0.15, -0.1) is 0 Å². The van der Waals surface area contributed by atoms with Crippen molar-refractivity contribution in [2.45, 2.75) is 6.92 Å². The number of nitro groups is 1. The number of benzene rings is 1. The molecule has 0 saturated heterocycles. The highest BCUT2D eigenvalue weighted by Crippen LogP contribution is 2.22. The molecule has 0 fully saturated rings. The molecule has 2 aromatic rings. The van der Waals surface area contributed by atoms with Gasteiger partial charge in [0.2, 0.25) is 0 Å². The zero-order valence-electron chi connectivity index (χ0n) is 10.5. The highest BCUT2D eigenvalue weighted by molar-refractivity contribution is 9.10. The molecule has 1 heterocycles. The normalized spacial score (nSPS) is 10.1. The summed E-state index contributed by atoms with van der Waals surface area (Å²) in [5.41, 5.74) is 1.08. The number of rotatable bonds is 3. The number of hydrogen-bond donors (Lipinski definition) is 1. The Morgan fingerprint density at radius 2 is 2.10 bits per heavy atom. The van der Waals surface area contributed by atoms with Crippen LogP contribution in [0.1, 0.15) is 16.1 Å². The molecular weight excluding hydrogens is 326 g/mol. The predicted octanol–water partition coefficient (Wildman–Crippen LogP) is 3.31. The summed E-state index contributed by atoms with van der Waals surface area (Å²) in [7, 11) is 0. The van der Waals surface area contributed by atoms with Crippen molar-refractivity contribution in [2.75, 3.05) is 5.32 Å². The highest BCUT2D eigenvalue weighted by Gasteiger charge is 2.13. The molecule has 0 saturated carbocycles. The van der Waals surface area contributed by atoms with E-state index in [0.717, 1.165) is 0 Å². The van der Waals surface area contributed by atoms with Gasteiger partial charge in [-0.2, -0.15) is 0 Å². The molecule has 0 bridgehead atoms. The number of anilines is 1. The topological polar surface area (TPSA) is 85.1 Å². The number of halogens is 1. The third-order valence-electron chi connectivity index (χ3n) is 2.61. The highest BCUT2D eigenvalue weighted by atomic mass is 79.9. The Balaban J connectivity index is 2.24. The fraction of sp³-hybridized carbons (Fsp3) is 0.0769. The van der Waals surface area contributed by atoms with Gasteiger partial charge in [0.1, 0.15) is 10.3 Å². The molecule has 0 aliphatic rings. The van der Waals surface area contributed by atoms with E-state index in [9.17, 15) is 14.9 Å². The summed E-state index contributed by atoms with van der Waals surface area (Å²) >= 11 is 3.18. The summed E-state index contributed by atoms with van der Waals surface area (Å²) in [6.07, 6.45) is 0.